The third-order valence-electron chi connectivity index (χ3n) is 8.90. The van der Waals surface area contributed by atoms with Gasteiger partial charge in [0.1, 0.15) is 29.3 Å². The van der Waals surface area contributed by atoms with Gasteiger partial charge in [0, 0.05) is 54.5 Å². The van der Waals surface area contributed by atoms with Crippen molar-refractivity contribution >= 4 is 23.9 Å². The summed E-state index contributed by atoms with van der Waals surface area (Å²) in [5.41, 5.74) is 5.54. The number of carbonyl (C=O) groups is 3. The van der Waals surface area contributed by atoms with Crippen molar-refractivity contribution in [2.45, 2.75) is 66.2 Å². The van der Waals surface area contributed by atoms with E-state index < -0.39 is 23.5 Å². The number of hydrogen-bond acceptors (Lipinski definition) is 11. The molecule has 1 aliphatic carbocycles. The highest BCUT2D eigenvalue weighted by Crippen LogP contribution is 2.40. The van der Waals surface area contributed by atoms with Crippen LogP contribution < -0.4 is 18.9 Å². The number of aldehydes is 1. The van der Waals surface area contributed by atoms with E-state index in [2.05, 4.69) is 0 Å². The summed E-state index contributed by atoms with van der Waals surface area (Å²) in [4.78, 5) is 49.6. The van der Waals surface area contributed by atoms with Crippen molar-refractivity contribution in [3.05, 3.63) is 121 Å². The molecule has 55 heavy (non-hydrogen) atoms. The average Bonchev–Trinajstić information content (AvgIpc) is 3.16. The van der Waals surface area contributed by atoms with Gasteiger partial charge in [-0.15, -0.1) is 0 Å². The number of para-hydroxylation sites is 2. The zero-order chi connectivity index (χ0) is 39.3. The van der Waals surface area contributed by atoms with Crippen LogP contribution in [-0.4, -0.2) is 62.8 Å². The van der Waals surface area contributed by atoms with Gasteiger partial charge in [-0.2, -0.15) is 0 Å². The number of nitrogens with zero attached hydrogens (tertiary/aromatic N) is 1. The van der Waals surface area contributed by atoms with Crippen LogP contribution in [0.15, 0.2) is 60.7 Å². The van der Waals surface area contributed by atoms with Crippen LogP contribution in [0, 0.1) is 10.1 Å². The van der Waals surface area contributed by atoms with Gasteiger partial charge in [0.25, 0.3) is 5.69 Å². The second-order valence-corrected chi connectivity index (χ2v) is 13.0. The summed E-state index contributed by atoms with van der Waals surface area (Å²) in [6.07, 6.45) is 3.03. The highest BCUT2D eigenvalue weighted by atomic mass is 16.6. The Morgan fingerprint density at radius 2 is 0.964 bits per heavy atom. The van der Waals surface area contributed by atoms with Gasteiger partial charge in [0.2, 0.25) is 0 Å². The summed E-state index contributed by atoms with van der Waals surface area (Å²) in [5, 5.41) is 12.4. The molecule has 0 heterocycles. The molecule has 12 nitrogen and oxygen atoms in total. The Morgan fingerprint density at radius 1 is 0.600 bits per heavy atom. The maximum absolute atomic E-state index is 12.6. The van der Waals surface area contributed by atoms with E-state index in [9.17, 15) is 24.5 Å². The summed E-state index contributed by atoms with van der Waals surface area (Å²) >= 11 is 0. The zero-order valence-corrected chi connectivity index (χ0v) is 31.8. The molecule has 4 aromatic rings. The number of non-ortho nitro benzene ring substituents is 1. The molecule has 0 spiro atoms. The van der Waals surface area contributed by atoms with Gasteiger partial charge >= 0.3 is 11.9 Å². The average molecular weight is 754 g/mol. The third-order valence-corrected chi connectivity index (χ3v) is 8.90. The molecular weight excluding hydrogens is 706 g/mol. The predicted molar refractivity (Wildman–Crippen MR) is 205 cm³/mol. The normalized spacial score (nSPS) is 11.9. The second kappa shape index (κ2) is 19.4. The van der Waals surface area contributed by atoms with E-state index in [0.29, 0.717) is 76.9 Å². The number of nitro groups is 1. The summed E-state index contributed by atoms with van der Waals surface area (Å²) in [6.45, 7) is 7.81. The summed E-state index contributed by atoms with van der Waals surface area (Å²) in [6, 6.07) is 17.8. The van der Waals surface area contributed by atoms with E-state index in [1.54, 1.807) is 26.0 Å². The lowest BCUT2D eigenvalue weighted by molar-refractivity contribution is -0.385. The van der Waals surface area contributed by atoms with E-state index in [0.717, 1.165) is 28.5 Å². The fourth-order valence-corrected chi connectivity index (χ4v) is 6.69. The lowest BCUT2D eigenvalue weighted by atomic mass is 9.90. The Labute approximate surface area is 320 Å². The lowest BCUT2D eigenvalue weighted by Crippen LogP contribution is -2.17. The van der Waals surface area contributed by atoms with Crippen LogP contribution in [0.1, 0.15) is 95.4 Å². The monoisotopic (exact) mass is 753 g/mol. The van der Waals surface area contributed by atoms with Crippen molar-refractivity contribution < 1.29 is 47.7 Å². The van der Waals surface area contributed by atoms with E-state index in [1.807, 2.05) is 50.2 Å². The van der Waals surface area contributed by atoms with Crippen LogP contribution >= 0.6 is 0 Å². The molecule has 0 radical (unpaired) electrons. The molecule has 8 bridgehead atoms. The van der Waals surface area contributed by atoms with E-state index in [1.165, 1.54) is 12.1 Å². The molecule has 5 rings (SSSR count). The SMILES string of the molecule is CCCOc1c2cccc1Cc1cc([N+](=O)[O-])cc(c1OCC(=O)OCC)Cc1cccc(c1OCCC)Cc1cc(C=O)cc(c1OCC(=O)OCC)C2. The predicted octanol–water partition coefficient (Wildman–Crippen LogP) is 7.55. The highest BCUT2D eigenvalue weighted by molar-refractivity contribution is 5.77. The Hall–Kier alpha value is -5.91. The van der Waals surface area contributed by atoms with Crippen molar-refractivity contribution in [1.29, 1.82) is 0 Å². The number of ether oxygens (including phenoxy) is 6. The van der Waals surface area contributed by atoms with E-state index >= 15 is 0 Å². The molecule has 0 amide bonds. The topological polar surface area (TPSA) is 150 Å². The fourth-order valence-electron chi connectivity index (χ4n) is 6.69. The number of benzene rings is 4. The first-order chi connectivity index (χ1) is 26.7. The van der Waals surface area contributed by atoms with Gasteiger partial charge < -0.3 is 28.4 Å². The fraction of sp³-hybridized carbons (Fsp3) is 0.372. The van der Waals surface area contributed by atoms with Crippen molar-refractivity contribution in [3.63, 3.8) is 0 Å². The maximum atomic E-state index is 12.6. The Kier molecular flexibility index (Phi) is 14.2. The number of rotatable bonds is 16. The molecule has 0 saturated carbocycles. The van der Waals surface area contributed by atoms with Crippen LogP contribution in [0.4, 0.5) is 5.69 Å². The van der Waals surface area contributed by atoms with Gasteiger partial charge in [-0.25, -0.2) is 9.59 Å². The Morgan fingerprint density at radius 3 is 1.29 bits per heavy atom. The summed E-state index contributed by atoms with van der Waals surface area (Å²) in [5.74, 6) is 0.811. The van der Waals surface area contributed by atoms with Crippen molar-refractivity contribution in [1.82, 2.24) is 0 Å². The molecule has 1 aliphatic rings. The van der Waals surface area contributed by atoms with Crippen molar-refractivity contribution in [3.8, 4) is 23.0 Å². The van der Waals surface area contributed by atoms with Crippen LogP contribution in [0.2, 0.25) is 0 Å². The molecule has 0 aliphatic heterocycles. The van der Waals surface area contributed by atoms with Crippen LogP contribution in [-0.2, 0) is 44.7 Å². The van der Waals surface area contributed by atoms with Gasteiger partial charge in [0.15, 0.2) is 13.2 Å². The second-order valence-electron chi connectivity index (χ2n) is 13.0. The minimum Gasteiger partial charge on any atom is -0.493 e. The molecule has 0 fully saturated rings. The summed E-state index contributed by atoms with van der Waals surface area (Å²) < 4.78 is 35.7. The van der Waals surface area contributed by atoms with E-state index in [-0.39, 0.29) is 51.2 Å². The Balaban J connectivity index is 1.82. The molecular formula is C43H47NO11. The highest BCUT2D eigenvalue weighted by Gasteiger charge is 2.25. The lowest BCUT2D eigenvalue weighted by Gasteiger charge is -2.23. The van der Waals surface area contributed by atoms with Gasteiger partial charge in [-0.05, 0) is 72.2 Å². The van der Waals surface area contributed by atoms with Gasteiger partial charge in [-0.3, -0.25) is 14.9 Å². The molecule has 290 valence electrons. The molecule has 0 atom stereocenters. The maximum Gasteiger partial charge on any atom is 0.344 e. The molecule has 12 heteroatoms. The minimum absolute atomic E-state index is 0.131. The first-order valence-corrected chi connectivity index (χ1v) is 18.6. The number of fused-ring (bicyclic) bond motifs is 8. The number of carbonyl (C=O) groups excluding carboxylic acids is 3. The molecule has 0 saturated heterocycles. The smallest absolute Gasteiger partial charge is 0.344 e. The molecule has 0 N–H and O–H groups in total. The number of hydrogen-bond donors (Lipinski definition) is 0. The summed E-state index contributed by atoms with van der Waals surface area (Å²) in [7, 11) is 0. The van der Waals surface area contributed by atoms with Crippen LogP contribution in [0.25, 0.3) is 0 Å². The van der Waals surface area contributed by atoms with Gasteiger partial charge in [0.05, 0.1) is 31.4 Å². The number of nitro benzene ring substituents is 1. The largest absolute Gasteiger partial charge is 0.493 e. The zero-order valence-electron chi connectivity index (χ0n) is 31.8. The first-order valence-electron chi connectivity index (χ1n) is 18.6. The number of esters is 2. The van der Waals surface area contributed by atoms with E-state index in [4.69, 9.17) is 28.4 Å². The standard InChI is InChI=1S/C43H47NO11/c1-5-15-52-40-29-11-9-13-31(40)21-35-23-37(44(48)49)24-36(43(35)55-27-39(47)51-8-4)22-32-14-10-12-30(41(32)53-16-6-2)20-34-18-28(25-45)17-33(19-29)42(34)54-26-38(46)50-7-3/h9-14,17-18,23-25H,5-8,15-16,19-22,26-27H2,1-4H3. The molecule has 0 aromatic heterocycles. The molecule has 0 unspecified atom stereocenters. The van der Waals surface area contributed by atoms with Crippen molar-refractivity contribution in [2.75, 3.05) is 39.6 Å². The van der Waals surface area contributed by atoms with Gasteiger partial charge in [-0.1, -0.05) is 50.2 Å². The Bertz CT molecular complexity index is 1920. The quantitative estimate of drug-likeness (QED) is 0.0426. The minimum atomic E-state index is -0.570. The van der Waals surface area contributed by atoms with Crippen molar-refractivity contribution in [2.24, 2.45) is 0 Å². The third kappa shape index (κ3) is 10.2. The molecule has 4 aromatic carbocycles. The van der Waals surface area contributed by atoms with Crippen LogP contribution in [0.5, 0.6) is 23.0 Å². The first kappa shape index (κ1) is 40.3. The van der Waals surface area contributed by atoms with Crippen LogP contribution in [0.3, 0.4) is 0 Å².